The van der Waals surface area contributed by atoms with E-state index in [1.807, 2.05) is 6.07 Å². The van der Waals surface area contributed by atoms with Gasteiger partial charge in [-0.1, -0.05) is 30.3 Å². The Morgan fingerprint density at radius 1 is 1.24 bits per heavy atom. The van der Waals surface area contributed by atoms with E-state index in [0.29, 0.717) is 0 Å². The van der Waals surface area contributed by atoms with Crippen LogP contribution in [0, 0.1) is 0 Å². The molecule has 7 heteroatoms. The first-order valence-electron chi connectivity index (χ1n) is 6.68. The molecule has 1 aromatic rings. The maximum Gasteiger partial charge on any atom is 0.321 e. The molecule has 0 amide bonds. The van der Waals surface area contributed by atoms with E-state index in [9.17, 15) is 20.1 Å². The van der Waals surface area contributed by atoms with E-state index in [1.165, 1.54) is 0 Å². The number of benzene rings is 1. The molecule has 0 saturated carbocycles. The van der Waals surface area contributed by atoms with Gasteiger partial charge in [-0.25, -0.2) is 0 Å². The quantitative estimate of drug-likeness (QED) is 0.443. The fraction of sp³-hybridized carbons (Fsp3) is 0.500. The van der Waals surface area contributed by atoms with Gasteiger partial charge < -0.3 is 25.2 Å². The molecular formula is C14H19NO6. The molecule has 5 N–H and O–H groups in total. The number of aliphatic hydroxyl groups is 3. The Morgan fingerprint density at radius 2 is 1.90 bits per heavy atom. The van der Waals surface area contributed by atoms with Crippen LogP contribution in [0.1, 0.15) is 5.56 Å². The van der Waals surface area contributed by atoms with Gasteiger partial charge >= 0.3 is 5.97 Å². The van der Waals surface area contributed by atoms with Gasteiger partial charge in [0.15, 0.2) is 0 Å². The van der Waals surface area contributed by atoms with Gasteiger partial charge in [0, 0.05) is 0 Å². The number of nitrogens with one attached hydrogen (secondary N) is 1. The minimum atomic E-state index is -1.29. The highest BCUT2D eigenvalue weighted by atomic mass is 16.6. The highest BCUT2D eigenvalue weighted by Gasteiger charge is 2.43. The first-order chi connectivity index (χ1) is 10.0. The van der Waals surface area contributed by atoms with Crippen LogP contribution < -0.4 is 5.32 Å². The number of hydrogen-bond acceptors (Lipinski definition) is 6. The third-order valence-electron chi connectivity index (χ3n) is 3.49. The van der Waals surface area contributed by atoms with E-state index in [2.05, 4.69) is 5.32 Å². The summed E-state index contributed by atoms with van der Waals surface area (Å²) in [5.74, 6) is -1.09. The van der Waals surface area contributed by atoms with Gasteiger partial charge in [-0.3, -0.25) is 10.1 Å². The lowest BCUT2D eigenvalue weighted by Gasteiger charge is -2.22. The lowest BCUT2D eigenvalue weighted by atomic mass is 10.1. The maximum atomic E-state index is 11.3. The number of aliphatic carboxylic acids is 1. The molecule has 5 atom stereocenters. The van der Waals surface area contributed by atoms with Crippen LogP contribution >= 0.6 is 0 Å². The molecule has 7 nitrogen and oxygen atoms in total. The van der Waals surface area contributed by atoms with Crippen molar-refractivity contribution in [2.45, 2.75) is 37.0 Å². The Kier molecular flexibility index (Phi) is 5.27. The predicted molar refractivity (Wildman–Crippen MR) is 72.5 cm³/mol. The molecule has 0 spiro atoms. The van der Waals surface area contributed by atoms with Crippen LogP contribution in [0.4, 0.5) is 0 Å². The summed E-state index contributed by atoms with van der Waals surface area (Å²) in [6.45, 7) is -0.452. The maximum absolute atomic E-state index is 11.3. The van der Waals surface area contributed by atoms with Crippen LogP contribution in [-0.4, -0.2) is 63.6 Å². The van der Waals surface area contributed by atoms with Gasteiger partial charge in [0.05, 0.1) is 6.61 Å². The first kappa shape index (κ1) is 15.9. The van der Waals surface area contributed by atoms with Crippen molar-refractivity contribution in [1.29, 1.82) is 0 Å². The molecule has 0 aromatic heterocycles. The first-order valence-corrected chi connectivity index (χ1v) is 6.68. The second-order valence-corrected chi connectivity index (χ2v) is 5.01. The van der Waals surface area contributed by atoms with Gasteiger partial charge in [0.1, 0.15) is 30.6 Å². The van der Waals surface area contributed by atoms with Crippen LogP contribution in [0.15, 0.2) is 30.3 Å². The van der Waals surface area contributed by atoms with Crippen molar-refractivity contribution in [3.05, 3.63) is 35.9 Å². The molecule has 1 aliphatic heterocycles. The summed E-state index contributed by atoms with van der Waals surface area (Å²) in [7, 11) is 0. The molecule has 1 fully saturated rings. The molecular weight excluding hydrogens is 278 g/mol. The Labute approximate surface area is 121 Å². The zero-order valence-corrected chi connectivity index (χ0v) is 11.3. The highest BCUT2D eigenvalue weighted by molar-refractivity contribution is 5.74. The van der Waals surface area contributed by atoms with Crippen LogP contribution in [-0.2, 0) is 16.0 Å². The van der Waals surface area contributed by atoms with Crippen molar-refractivity contribution >= 4 is 5.97 Å². The Balaban J connectivity index is 2.02. The van der Waals surface area contributed by atoms with Crippen LogP contribution in [0.25, 0.3) is 0 Å². The fourth-order valence-corrected chi connectivity index (χ4v) is 2.30. The van der Waals surface area contributed by atoms with E-state index >= 15 is 0 Å². The summed E-state index contributed by atoms with van der Waals surface area (Å²) in [4.78, 5) is 11.3. The molecule has 0 radical (unpaired) electrons. The molecule has 1 aliphatic rings. The number of ether oxygens (including phenoxy) is 1. The second-order valence-electron chi connectivity index (χ2n) is 5.01. The van der Waals surface area contributed by atoms with Gasteiger partial charge in [-0.05, 0) is 12.0 Å². The highest BCUT2D eigenvalue weighted by Crippen LogP contribution is 2.20. The molecule has 1 aromatic carbocycles. The van der Waals surface area contributed by atoms with Crippen LogP contribution in [0.3, 0.4) is 0 Å². The van der Waals surface area contributed by atoms with Crippen molar-refractivity contribution in [3.63, 3.8) is 0 Å². The zero-order chi connectivity index (χ0) is 15.4. The Hall–Kier alpha value is -1.51. The summed E-state index contributed by atoms with van der Waals surface area (Å²) in [6, 6.07) is 8.07. The summed E-state index contributed by atoms with van der Waals surface area (Å²) < 4.78 is 5.23. The summed E-state index contributed by atoms with van der Waals surface area (Å²) in [5.41, 5.74) is 0.823. The van der Waals surface area contributed by atoms with Gasteiger partial charge in [0.2, 0.25) is 0 Å². The van der Waals surface area contributed by atoms with Crippen molar-refractivity contribution in [1.82, 2.24) is 5.32 Å². The van der Waals surface area contributed by atoms with E-state index in [4.69, 9.17) is 9.84 Å². The smallest absolute Gasteiger partial charge is 0.321 e. The van der Waals surface area contributed by atoms with E-state index < -0.39 is 43.2 Å². The predicted octanol–water partition coefficient (Wildman–Crippen LogP) is -1.29. The van der Waals surface area contributed by atoms with Crippen molar-refractivity contribution in [3.8, 4) is 0 Å². The average molecular weight is 297 g/mol. The van der Waals surface area contributed by atoms with Gasteiger partial charge in [-0.15, -0.1) is 0 Å². The summed E-state index contributed by atoms with van der Waals surface area (Å²) in [6.07, 6.45) is -4.30. The molecule has 116 valence electrons. The fourth-order valence-electron chi connectivity index (χ4n) is 2.30. The van der Waals surface area contributed by atoms with Crippen molar-refractivity contribution in [2.24, 2.45) is 0 Å². The molecule has 21 heavy (non-hydrogen) atoms. The Morgan fingerprint density at radius 3 is 2.43 bits per heavy atom. The van der Waals surface area contributed by atoms with Crippen LogP contribution in [0.5, 0.6) is 0 Å². The number of aliphatic hydroxyl groups excluding tert-OH is 3. The molecule has 0 bridgehead atoms. The minimum absolute atomic E-state index is 0.211. The third-order valence-corrected chi connectivity index (χ3v) is 3.49. The van der Waals surface area contributed by atoms with Crippen molar-refractivity contribution in [2.75, 3.05) is 6.61 Å². The number of carboxylic acids is 1. The Bertz CT molecular complexity index is 468. The summed E-state index contributed by atoms with van der Waals surface area (Å²) >= 11 is 0. The van der Waals surface area contributed by atoms with Crippen LogP contribution in [0.2, 0.25) is 0 Å². The van der Waals surface area contributed by atoms with E-state index in [0.717, 1.165) is 5.56 Å². The second kappa shape index (κ2) is 6.97. The topological polar surface area (TPSA) is 119 Å². The molecule has 1 heterocycles. The normalized spacial score (nSPS) is 30.2. The third kappa shape index (κ3) is 3.78. The van der Waals surface area contributed by atoms with Gasteiger partial charge in [-0.2, -0.15) is 0 Å². The van der Waals surface area contributed by atoms with Crippen molar-refractivity contribution < 1.29 is 30.0 Å². The standard InChI is InChI=1S/C14H19NO6/c16-7-10-11(17)12(18)13(21-10)15-9(14(19)20)6-8-4-2-1-3-5-8/h1-5,9-13,15-18H,6-7H2,(H,19,20)/t9-,10+,11+,12+,13+/m0/s1. The summed E-state index contributed by atoms with van der Waals surface area (Å²) in [5, 5.41) is 40.4. The molecule has 0 unspecified atom stereocenters. The van der Waals surface area contributed by atoms with E-state index in [1.54, 1.807) is 24.3 Å². The molecule has 0 aliphatic carbocycles. The minimum Gasteiger partial charge on any atom is -0.480 e. The largest absolute Gasteiger partial charge is 0.480 e. The molecule has 1 saturated heterocycles. The average Bonchev–Trinajstić information content (AvgIpc) is 2.75. The number of rotatable bonds is 6. The number of carboxylic acid groups (broad SMARTS) is 1. The SMILES string of the molecule is O=C(O)[C@H](Cc1ccccc1)N[C@@H]1O[C@H](CO)[C@@H](O)[C@H]1O. The van der Waals surface area contributed by atoms with Gasteiger partial charge in [0.25, 0.3) is 0 Å². The van der Waals surface area contributed by atoms with E-state index in [-0.39, 0.29) is 6.42 Å². The zero-order valence-electron chi connectivity index (χ0n) is 11.3. The lowest BCUT2D eigenvalue weighted by molar-refractivity contribution is -0.141. The monoisotopic (exact) mass is 297 g/mol. The number of hydrogen-bond donors (Lipinski definition) is 5. The molecule has 2 rings (SSSR count). The number of carbonyl (C=O) groups is 1. The lowest BCUT2D eigenvalue weighted by Crippen LogP contribution is -2.49.